The second-order valence-electron chi connectivity index (χ2n) is 7.12. The van der Waals surface area contributed by atoms with Crippen LogP contribution in [-0.4, -0.2) is 53.0 Å². The molecule has 1 saturated heterocycles. The average molecular weight is 443 g/mol. The molecule has 0 saturated carbocycles. The Morgan fingerprint density at radius 3 is 2.63 bits per heavy atom. The zero-order valence-electron chi connectivity index (χ0n) is 16.5. The lowest BCUT2D eigenvalue weighted by Crippen LogP contribution is -2.38. The predicted molar refractivity (Wildman–Crippen MR) is 120 cm³/mol. The van der Waals surface area contributed by atoms with Crippen LogP contribution in [0.3, 0.4) is 0 Å². The molecular weight excluding hydrogens is 420 g/mol. The molecule has 0 unspecified atom stereocenters. The topological polar surface area (TPSA) is 58.6 Å². The van der Waals surface area contributed by atoms with Crippen LogP contribution in [0.1, 0.15) is 17.8 Å². The lowest BCUT2D eigenvalue weighted by molar-refractivity contribution is -0.133. The van der Waals surface area contributed by atoms with Gasteiger partial charge in [0, 0.05) is 49.2 Å². The Morgan fingerprint density at radius 1 is 1.03 bits per heavy atom. The summed E-state index contributed by atoms with van der Waals surface area (Å²) >= 11 is 7.31. The fourth-order valence-electron chi connectivity index (χ4n) is 3.35. The molecule has 0 radical (unpaired) electrons. The molecular formula is C22H23ClN4O2S. The van der Waals surface area contributed by atoms with Crippen LogP contribution in [0.4, 0.5) is 5.13 Å². The predicted octanol–water partition coefficient (Wildman–Crippen LogP) is 3.90. The largest absolute Gasteiger partial charge is 0.484 e. The van der Waals surface area contributed by atoms with Gasteiger partial charge in [-0.25, -0.2) is 4.98 Å². The van der Waals surface area contributed by atoms with Crippen LogP contribution in [0.2, 0.25) is 5.02 Å². The second kappa shape index (κ2) is 9.91. The van der Waals surface area contributed by atoms with Crippen LogP contribution in [0, 0.1) is 0 Å². The van der Waals surface area contributed by atoms with Crippen molar-refractivity contribution in [2.24, 2.45) is 0 Å². The van der Waals surface area contributed by atoms with E-state index in [0.717, 1.165) is 43.4 Å². The quantitative estimate of drug-likeness (QED) is 0.579. The Bertz CT molecular complexity index is 965. The average Bonchev–Trinajstić information content (AvgIpc) is 3.08. The first-order valence-corrected chi connectivity index (χ1v) is 11.1. The van der Waals surface area contributed by atoms with Crippen molar-refractivity contribution in [3.8, 4) is 5.75 Å². The van der Waals surface area contributed by atoms with E-state index >= 15 is 0 Å². The number of hydrogen-bond acceptors (Lipinski definition) is 6. The molecule has 8 heteroatoms. The van der Waals surface area contributed by atoms with E-state index in [4.69, 9.17) is 21.3 Å². The molecule has 0 N–H and O–H groups in total. The van der Waals surface area contributed by atoms with Crippen molar-refractivity contribution in [2.45, 2.75) is 12.8 Å². The Balaban J connectivity index is 1.29. The number of amides is 1. The molecule has 0 spiro atoms. The first kappa shape index (κ1) is 20.6. The number of ether oxygens (including phenoxy) is 1. The molecule has 1 aliphatic heterocycles. The fourth-order valence-corrected chi connectivity index (χ4v) is 4.21. The maximum Gasteiger partial charge on any atom is 0.260 e. The summed E-state index contributed by atoms with van der Waals surface area (Å²) in [5, 5.41) is 1.57. The number of carbonyl (C=O) groups excluding carboxylic acids is 1. The molecule has 6 nitrogen and oxygen atoms in total. The Kier molecular flexibility index (Phi) is 6.81. The molecule has 1 amide bonds. The molecule has 0 bridgehead atoms. The highest BCUT2D eigenvalue weighted by atomic mass is 35.5. The van der Waals surface area contributed by atoms with E-state index in [0.29, 0.717) is 17.3 Å². The Morgan fingerprint density at radius 2 is 1.83 bits per heavy atom. The Labute approximate surface area is 185 Å². The van der Waals surface area contributed by atoms with Crippen LogP contribution in [0.15, 0.2) is 54.6 Å². The molecule has 4 rings (SSSR count). The van der Waals surface area contributed by atoms with Gasteiger partial charge in [-0.1, -0.05) is 41.9 Å². The summed E-state index contributed by atoms with van der Waals surface area (Å²) in [6.45, 7) is 3.00. The summed E-state index contributed by atoms with van der Waals surface area (Å²) < 4.78 is 10.1. The van der Waals surface area contributed by atoms with E-state index in [1.165, 1.54) is 17.1 Å². The van der Waals surface area contributed by atoms with Crippen LogP contribution in [-0.2, 0) is 11.2 Å². The second-order valence-corrected chi connectivity index (χ2v) is 8.29. The molecule has 2 aromatic carbocycles. The van der Waals surface area contributed by atoms with Crippen LogP contribution < -0.4 is 9.64 Å². The van der Waals surface area contributed by atoms with Gasteiger partial charge in [-0.3, -0.25) is 4.79 Å². The highest BCUT2D eigenvalue weighted by Crippen LogP contribution is 2.21. The van der Waals surface area contributed by atoms with Crippen molar-refractivity contribution >= 4 is 34.2 Å². The zero-order chi connectivity index (χ0) is 20.8. The number of carbonyl (C=O) groups is 1. The first-order chi connectivity index (χ1) is 14.7. The maximum atomic E-state index is 12.6. The summed E-state index contributed by atoms with van der Waals surface area (Å²) in [5.74, 6) is 1.48. The van der Waals surface area contributed by atoms with Gasteiger partial charge in [-0.05, 0) is 36.2 Å². The van der Waals surface area contributed by atoms with Crippen molar-refractivity contribution in [1.82, 2.24) is 14.3 Å². The number of aromatic nitrogens is 2. The fraction of sp³-hybridized carbons (Fsp3) is 0.318. The molecule has 3 aromatic rings. The minimum atomic E-state index is -0.00571. The van der Waals surface area contributed by atoms with E-state index in [2.05, 4.69) is 21.4 Å². The van der Waals surface area contributed by atoms with Gasteiger partial charge in [0.2, 0.25) is 5.13 Å². The normalized spacial score (nSPS) is 14.4. The van der Waals surface area contributed by atoms with Gasteiger partial charge in [0.25, 0.3) is 5.91 Å². The monoisotopic (exact) mass is 442 g/mol. The molecule has 156 valence electrons. The van der Waals surface area contributed by atoms with E-state index in [9.17, 15) is 4.79 Å². The van der Waals surface area contributed by atoms with Crippen molar-refractivity contribution < 1.29 is 9.53 Å². The number of anilines is 1. The van der Waals surface area contributed by atoms with Gasteiger partial charge in [0.05, 0.1) is 0 Å². The van der Waals surface area contributed by atoms with E-state index < -0.39 is 0 Å². The minimum Gasteiger partial charge on any atom is -0.484 e. The lowest BCUT2D eigenvalue weighted by atomic mass is 10.1. The highest BCUT2D eigenvalue weighted by Gasteiger charge is 2.21. The van der Waals surface area contributed by atoms with E-state index in [1.807, 2.05) is 23.1 Å². The third kappa shape index (κ3) is 5.49. The molecule has 2 heterocycles. The third-order valence-corrected chi connectivity index (χ3v) is 6.02. The molecule has 0 aliphatic carbocycles. The summed E-state index contributed by atoms with van der Waals surface area (Å²) in [5.41, 5.74) is 1.20. The number of nitrogens with zero attached hydrogens (tertiary/aromatic N) is 4. The van der Waals surface area contributed by atoms with Gasteiger partial charge in [-0.15, -0.1) is 0 Å². The van der Waals surface area contributed by atoms with Crippen molar-refractivity contribution in [2.75, 3.05) is 37.7 Å². The highest BCUT2D eigenvalue weighted by molar-refractivity contribution is 7.09. The van der Waals surface area contributed by atoms with Crippen LogP contribution in [0.25, 0.3) is 0 Å². The molecule has 0 atom stereocenters. The summed E-state index contributed by atoms with van der Waals surface area (Å²) in [6, 6.07) is 17.3. The van der Waals surface area contributed by atoms with Crippen molar-refractivity contribution in [1.29, 1.82) is 0 Å². The minimum absolute atomic E-state index is 0.00571. The standard InChI is InChI=1S/C22H23ClN4O2S/c23-18-7-9-19(10-8-18)29-16-21(28)26-11-4-12-27(14-13-26)22-24-20(25-30-22)15-17-5-2-1-3-6-17/h1-3,5-10H,4,11-16H2. The van der Waals surface area contributed by atoms with Gasteiger partial charge in [-0.2, -0.15) is 4.37 Å². The van der Waals surface area contributed by atoms with Crippen LogP contribution in [0.5, 0.6) is 5.75 Å². The van der Waals surface area contributed by atoms with Crippen LogP contribution >= 0.6 is 23.1 Å². The molecule has 1 aliphatic rings. The third-order valence-electron chi connectivity index (χ3n) is 4.96. The number of halogens is 1. The van der Waals surface area contributed by atoms with E-state index in [-0.39, 0.29) is 12.5 Å². The molecule has 1 fully saturated rings. The zero-order valence-corrected chi connectivity index (χ0v) is 18.1. The first-order valence-electron chi connectivity index (χ1n) is 9.95. The molecule has 1 aromatic heterocycles. The maximum absolute atomic E-state index is 12.6. The van der Waals surface area contributed by atoms with Gasteiger partial charge in [0.15, 0.2) is 6.61 Å². The smallest absolute Gasteiger partial charge is 0.260 e. The SMILES string of the molecule is O=C(COc1ccc(Cl)cc1)N1CCCN(c2nc(Cc3ccccc3)ns2)CC1. The van der Waals surface area contributed by atoms with Crippen molar-refractivity contribution in [3.63, 3.8) is 0 Å². The Hall–Kier alpha value is -2.64. The van der Waals surface area contributed by atoms with Gasteiger partial charge < -0.3 is 14.5 Å². The van der Waals surface area contributed by atoms with Gasteiger partial charge in [0.1, 0.15) is 11.6 Å². The number of rotatable bonds is 6. The summed E-state index contributed by atoms with van der Waals surface area (Å²) in [6.07, 6.45) is 1.62. The lowest BCUT2D eigenvalue weighted by Gasteiger charge is -2.21. The summed E-state index contributed by atoms with van der Waals surface area (Å²) in [4.78, 5) is 21.4. The molecule has 30 heavy (non-hydrogen) atoms. The van der Waals surface area contributed by atoms with E-state index in [1.54, 1.807) is 24.3 Å². The number of hydrogen-bond donors (Lipinski definition) is 0. The van der Waals surface area contributed by atoms with Crippen molar-refractivity contribution in [3.05, 3.63) is 71.0 Å². The summed E-state index contributed by atoms with van der Waals surface area (Å²) in [7, 11) is 0. The van der Waals surface area contributed by atoms with Gasteiger partial charge >= 0.3 is 0 Å². The number of benzene rings is 2.